The third-order valence-electron chi connectivity index (χ3n) is 3.72. The van der Waals surface area contributed by atoms with Crippen LogP contribution in [-0.4, -0.2) is 24.0 Å². The monoisotopic (exact) mass is 211 g/mol. The third kappa shape index (κ3) is 5.01. The fourth-order valence-electron chi connectivity index (χ4n) is 1.94. The van der Waals surface area contributed by atoms with Gasteiger partial charge in [-0.05, 0) is 50.5 Å². The molecule has 0 bridgehead atoms. The lowest BCUT2D eigenvalue weighted by molar-refractivity contribution is 0.153. The van der Waals surface area contributed by atoms with E-state index < -0.39 is 0 Å². The fraction of sp³-hybridized carbons (Fsp3) is 1.00. The van der Waals surface area contributed by atoms with E-state index in [-0.39, 0.29) is 0 Å². The van der Waals surface area contributed by atoms with Crippen molar-refractivity contribution in [3.8, 4) is 0 Å². The molecule has 1 nitrogen and oxygen atoms in total. The van der Waals surface area contributed by atoms with Gasteiger partial charge in [0.2, 0.25) is 0 Å². The van der Waals surface area contributed by atoms with Gasteiger partial charge in [-0.1, -0.05) is 27.7 Å². The fourth-order valence-corrected chi connectivity index (χ4v) is 1.94. The van der Waals surface area contributed by atoms with Crippen molar-refractivity contribution in [2.24, 2.45) is 17.8 Å². The largest absolute Gasteiger partial charge is 0.300 e. The zero-order chi connectivity index (χ0) is 11.4. The van der Waals surface area contributed by atoms with Crippen molar-refractivity contribution in [3.63, 3.8) is 0 Å². The molecule has 0 aromatic heterocycles. The molecule has 0 radical (unpaired) electrons. The Kier molecular flexibility index (Phi) is 5.11. The minimum Gasteiger partial charge on any atom is -0.300 e. The molecule has 0 amide bonds. The van der Waals surface area contributed by atoms with Gasteiger partial charge in [-0.3, -0.25) is 0 Å². The van der Waals surface area contributed by atoms with Crippen molar-refractivity contribution in [1.29, 1.82) is 0 Å². The second-order valence-corrected chi connectivity index (χ2v) is 6.11. The standard InChI is InChI=1S/C14H29N/c1-11(2)8-9-15(10-14-6-7-14)13(5)12(3)4/h11-14H,6-10H2,1-5H3/t13-/m0/s1. The van der Waals surface area contributed by atoms with Crippen LogP contribution in [0, 0.1) is 17.8 Å². The molecule has 15 heavy (non-hydrogen) atoms. The molecule has 1 rings (SSSR count). The highest BCUT2D eigenvalue weighted by Crippen LogP contribution is 2.31. The smallest absolute Gasteiger partial charge is 0.00900 e. The highest BCUT2D eigenvalue weighted by molar-refractivity contribution is 4.80. The Morgan fingerprint density at radius 2 is 1.67 bits per heavy atom. The maximum atomic E-state index is 2.72. The van der Waals surface area contributed by atoms with Crippen molar-refractivity contribution >= 4 is 0 Å². The van der Waals surface area contributed by atoms with Gasteiger partial charge in [-0.2, -0.15) is 0 Å². The first-order valence-corrected chi connectivity index (χ1v) is 6.74. The summed E-state index contributed by atoms with van der Waals surface area (Å²) in [6.07, 6.45) is 4.30. The molecule has 0 aliphatic heterocycles. The van der Waals surface area contributed by atoms with Crippen molar-refractivity contribution < 1.29 is 0 Å². The van der Waals surface area contributed by atoms with Gasteiger partial charge < -0.3 is 4.90 Å². The molecular weight excluding hydrogens is 182 g/mol. The average Bonchev–Trinajstić information content (AvgIpc) is 2.94. The van der Waals surface area contributed by atoms with Gasteiger partial charge in [0.15, 0.2) is 0 Å². The Bertz CT molecular complexity index is 170. The Balaban J connectivity index is 2.36. The van der Waals surface area contributed by atoms with Crippen LogP contribution in [0.1, 0.15) is 53.9 Å². The van der Waals surface area contributed by atoms with E-state index in [1.165, 1.54) is 32.4 Å². The number of hydrogen-bond acceptors (Lipinski definition) is 1. The summed E-state index contributed by atoms with van der Waals surface area (Å²) in [5, 5.41) is 0. The summed E-state index contributed by atoms with van der Waals surface area (Å²) in [5.41, 5.74) is 0. The molecule has 0 N–H and O–H groups in total. The summed E-state index contributed by atoms with van der Waals surface area (Å²) in [5.74, 6) is 2.65. The SMILES string of the molecule is CC(C)CCN(CC1CC1)[C@@H](C)C(C)C. The lowest BCUT2D eigenvalue weighted by Gasteiger charge is -2.32. The molecule has 1 aliphatic rings. The molecule has 1 saturated carbocycles. The Morgan fingerprint density at radius 1 is 1.07 bits per heavy atom. The van der Waals surface area contributed by atoms with Gasteiger partial charge in [-0.15, -0.1) is 0 Å². The maximum Gasteiger partial charge on any atom is 0.00900 e. The highest BCUT2D eigenvalue weighted by Gasteiger charge is 2.27. The zero-order valence-electron chi connectivity index (χ0n) is 11.3. The molecule has 0 heterocycles. The quantitative estimate of drug-likeness (QED) is 0.619. The van der Waals surface area contributed by atoms with Gasteiger partial charge >= 0.3 is 0 Å². The average molecular weight is 211 g/mol. The zero-order valence-corrected chi connectivity index (χ0v) is 11.3. The van der Waals surface area contributed by atoms with Gasteiger partial charge in [0.1, 0.15) is 0 Å². The lowest BCUT2D eigenvalue weighted by Crippen LogP contribution is -2.39. The van der Waals surface area contributed by atoms with E-state index in [1.807, 2.05) is 0 Å². The van der Waals surface area contributed by atoms with Gasteiger partial charge in [0, 0.05) is 12.6 Å². The Labute approximate surface area is 96.2 Å². The van der Waals surface area contributed by atoms with Crippen LogP contribution in [0.25, 0.3) is 0 Å². The lowest BCUT2D eigenvalue weighted by atomic mass is 10.0. The summed E-state index contributed by atoms with van der Waals surface area (Å²) in [6.45, 7) is 14.4. The van der Waals surface area contributed by atoms with Crippen LogP contribution in [0.3, 0.4) is 0 Å². The van der Waals surface area contributed by atoms with Crippen LogP contribution in [0.4, 0.5) is 0 Å². The molecule has 1 fully saturated rings. The molecule has 90 valence electrons. The first-order valence-electron chi connectivity index (χ1n) is 6.74. The van der Waals surface area contributed by atoms with Crippen LogP contribution in [0.2, 0.25) is 0 Å². The summed E-state index contributed by atoms with van der Waals surface area (Å²) in [4.78, 5) is 2.72. The second kappa shape index (κ2) is 5.89. The van der Waals surface area contributed by atoms with E-state index in [0.717, 1.165) is 23.8 Å². The van der Waals surface area contributed by atoms with E-state index >= 15 is 0 Å². The summed E-state index contributed by atoms with van der Waals surface area (Å²) < 4.78 is 0. The van der Waals surface area contributed by atoms with Crippen LogP contribution in [-0.2, 0) is 0 Å². The van der Waals surface area contributed by atoms with Crippen molar-refractivity contribution in [1.82, 2.24) is 4.90 Å². The number of hydrogen-bond donors (Lipinski definition) is 0. The van der Waals surface area contributed by atoms with E-state index in [2.05, 4.69) is 39.5 Å². The second-order valence-electron chi connectivity index (χ2n) is 6.11. The molecular formula is C14H29N. The third-order valence-corrected chi connectivity index (χ3v) is 3.72. The minimum absolute atomic E-state index is 0.754. The summed E-state index contributed by atoms with van der Waals surface area (Å²) in [7, 11) is 0. The van der Waals surface area contributed by atoms with Crippen LogP contribution < -0.4 is 0 Å². The van der Waals surface area contributed by atoms with Gasteiger partial charge in [-0.25, -0.2) is 0 Å². The molecule has 0 spiro atoms. The van der Waals surface area contributed by atoms with E-state index in [0.29, 0.717) is 0 Å². The molecule has 1 aliphatic carbocycles. The molecule has 1 heteroatoms. The van der Waals surface area contributed by atoms with Crippen LogP contribution in [0.5, 0.6) is 0 Å². The normalized spacial score (nSPS) is 19.2. The molecule has 0 unspecified atom stereocenters. The first kappa shape index (κ1) is 13.0. The highest BCUT2D eigenvalue weighted by atomic mass is 15.2. The van der Waals surface area contributed by atoms with Gasteiger partial charge in [0.05, 0.1) is 0 Å². The topological polar surface area (TPSA) is 3.24 Å². The van der Waals surface area contributed by atoms with Crippen LogP contribution in [0.15, 0.2) is 0 Å². The number of nitrogens with zero attached hydrogens (tertiary/aromatic N) is 1. The van der Waals surface area contributed by atoms with E-state index in [1.54, 1.807) is 0 Å². The minimum atomic E-state index is 0.754. The predicted octanol–water partition coefficient (Wildman–Crippen LogP) is 3.79. The Morgan fingerprint density at radius 3 is 2.07 bits per heavy atom. The first-order chi connectivity index (χ1) is 7.00. The number of rotatable bonds is 7. The Hall–Kier alpha value is -0.0400. The summed E-state index contributed by atoms with van der Waals surface area (Å²) in [6, 6.07) is 0.754. The van der Waals surface area contributed by atoms with Crippen molar-refractivity contribution in [2.45, 2.75) is 59.9 Å². The molecule has 1 atom stereocenters. The van der Waals surface area contributed by atoms with Crippen molar-refractivity contribution in [3.05, 3.63) is 0 Å². The predicted molar refractivity (Wildman–Crippen MR) is 68.1 cm³/mol. The summed E-state index contributed by atoms with van der Waals surface area (Å²) >= 11 is 0. The van der Waals surface area contributed by atoms with E-state index in [4.69, 9.17) is 0 Å². The van der Waals surface area contributed by atoms with Crippen LogP contribution >= 0.6 is 0 Å². The molecule has 0 aromatic carbocycles. The maximum absolute atomic E-state index is 2.72. The van der Waals surface area contributed by atoms with Crippen molar-refractivity contribution in [2.75, 3.05) is 13.1 Å². The van der Waals surface area contributed by atoms with E-state index in [9.17, 15) is 0 Å². The molecule has 0 saturated heterocycles. The van der Waals surface area contributed by atoms with Gasteiger partial charge in [0.25, 0.3) is 0 Å². The molecule has 0 aromatic rings.